The second kappa shape index (κ2) is 7.29. The summed E-state index contributed by atoms with van der Waals surface area (Å²) in [5.41, 5.74) is 1.11. The van der Waals surface area contributed by atoms with Gasteiger partial charge in [-0.05, 0) is 73.4 Å². The van der Waals surface area contributed by atoms with Crippen LogP contribution < -0.4 is 10.6 Å². The van der Waals surface area contributed by atoms with E-state index in [1.807, 2.05) is 6.92 Å². The zero-order valence-electron chi connectivity index (χ0n) is 17.3. The number of hydrogen-bond acceptors (Lipinski definition) is 3. The number of anilines is 2. The van der Waals surface area contributed by atoms with Gasteiger partial charge >= 0.3 is 0 Å². The van der Waals surface area contributed by atoms with Gasteiger partial charge in [-0.15, -0.1) is 0 Å². The third kappa shape index (κ3) is 3.77. The zero-order chi connectivity index (χ0) is 21.7. The molecule has 160 valence electrons. The highest BCUT2D eigenvalue weighted by Gasteiger charge is 2.59. The van der Waals surface area contributed by atoms with E-state index in [-0.39, 0.29) is 34.7 Å². The van der Waals surface area contributed by atoms with Gasteiger partial charge in [0.1, 0.15) is 11.6 Å². The summed E-state index contributed by atoms with van der Waals surface area (Å²) in [5, 5.41) is 6.30. The molecule has 2 atom stereocenters. The lowest BCUT2D eigenvalue weighted by atomic mass is 9.62. The Balaban J connectivity index is 1.40. The highest BCUT2D eigenvalue weighted by molar-refractivity contribution is 5.93. The number of rotatable bonds is 6. The van der Waals surface area contributed by atoms with Gasteiger partial charge in [-0.2, -0.15) is 0 Å². The van der Waals surface area contributed by atoms with E-state index in [0.717, 1.165) is 26.2 Å². The summed E-state index contributed by atoms with van der Waals surface area (Å²) in [4.78, 5) is 17.0. The second-order valence-electron chi connectivity index (χ2n) is 8.98. The summed E-state index contributed by atoms with van der Waals surface area (Å²) in [6.45, 7) is 4.59. The van der Waals surface area contributed by atoms with Gasteiger partial charge in [-0.25, -0.2) is 18.2 Å². The van der Waals surface area contributed by atoms with Gasteiger partial charge in [0.25, 0.3) is 5.92 Å². The number of carbonyl (C=O) groups excluding carboxylic acids is 1. The minimum Gasteiger partial charge on any atom is -0.367 e. The molecule has 3 aliphatic rings. The zero-order valence-corrected chi connectivity index (χ0v) is 17.3. The number of nitrogens with one attached hydrogen (secondary N) is 2. The van der Waals surface area contributed by atoms with Crippen molar-refractivity contribution in [1.29, 1.82) is 0 Å². The van der Waals surface area contributed by atoms with Crippen LogP contribution in [0.25, 0.3) is 0 Å². The van der Waals surface area contributed by atoms with E-state index in [2.05, 4.69) is 15.6 Å². The topological polar surface area (TPSA) is 54.0 Å². The number of pyridine rings is 1. The summed E-state index contributed by atoms with van der Waals surface area (Å²) in [6.07, 6.45) is 3.96. The van der Waals surface area contributed by atoms with Crippen LogP contribution in [0.3, 0.4) is 0 Å². The fourth-order valence-electron chi connectivity index (χ4n) is 4.94. The molecule has 5 rings (SSSR count). The Morgan fingerprint density at radius 3 is 2.50 bits per heavy atom. The third-order valence-electron chi connectivity index (χ3n) is 6.86. The maximum atomic E-state index is 13.5. The number of hydrogen-bond donors (Lipinski definition) is 2. The number of carbonyl (C=O) groups is 1. The van der Waals surface area contributed by atoms with Crippen molar-refractivity contribution in [2.75, 3.05) is 10.6 Å². The number of aryl methyl sites for hydroxylation is 1. The van der Waals surface area contributed by atoms with Crippen molar-refractivity contribution in [3.8, 4) is 0 Å². The molecule has 7 heteroatoms. The monoisotopic (exact) mass is 417 g/mol. The van der Waals surface area contributed by atoms with Gasteiger partial charge in [-0.1, -0.05) is 6.92 Å². The van der Waals surface area contributed by atoms with Gasteiger partial charge in [0.15, 0.2) is 0 Å². The van der Waals surface area contributed by atoms with E-state index in [1.165, 1.54) is 24.4 Å². The molecule has 0 spiro atoms. The highest BCUT2D eigenvalue weighted by atomic mass is 19.3. The first-order valence-electron chi connectivity index (χ1n) is 10.3. The number of nitrogens with zero attached hydrogens (tertiary/aromatic N) is 1. The Bertz CT molecular complexity index is 949. The number of aromatic nitrogens is 1. The van der Waals surface area contributed by atoms with E-state index in [0.29, 0.717) is 23.0 Å². The van der Waals surface area contributed by atoms with Gasteiger partial charge < -0.3 is 10.6 Å². The smallest absolute Gasteiger partial charge is 0.272 e. The van der Waals surface area contributed by atoms with Crippen LogP contribution in [-0.4, -0.2) is 16.9 Å². The van der Waals surface area contributed by atoms with Crippen molar-refractivity contribution in [3.63, 3.8) is 0 Å². The van der Waals surface area contributed by atoms with Crippen LogP contribution in [0.1, 0.15) is 44.2 Å². The summed E-state index contributed by atoms with van der Waals surface area (Å²) in [5.74, 6) is -2.43. The van der Waals surface area contributed by atoms with E-state index in [9.17, 15) is 18.0 Å². The Hall–Kier alpha value is -2.57. The first kappa shape index (κ1) is 20.7. The Morgan fingerprint density at radius 1 is 1.23 bits per heavy atom. The van der Waals surface area contributed by atoms with Crippen LogP contribution in [0.15, 0.2) is 36.5 Å². The lowest BCUT2D eigenvalue weighted by Crippen LogP contribution is -2.41. The Morgan fingerprint density at radius 2 is 1.90 bits per heavy atom. The maximum Gasteiger partial charge on any atom is 0.272 e. The lowest BCUT2D eigenvalue weighted by Gasteiger charge is -2.42. The van der Waals surface area contributed by atoms with Crippen LogP contribution in [0, 0.1) is 30.0 Å². The Labute approximate surface area is 174 Å². The van der Waals surface area contributed by atoms with Crippen molar-refractivity contribution < 1.29 is 18.0 Å². The average molecular weight is 417 g/mol. The maximum absolute atomic E-state index is 13.5. The summed E-state index contributed by atoms with van der Waals surface area (Å²) in [7, 11) is 0. The van der Waals surface area contributed by atoms with Crippen LogP contribution >= 0.6 is 0 Å². The quantitative estimate of drug-likeness (QED) is 0.653. The number of benzene rings is 1. The minimum atomic E-state index is -2.91. The molecular formula is C23H26F3N3O. The number of fused-ring (bicyclic) bond motifs is 1. The molecule has 3 aliphatic carbocycles. The van der Waals surface area contributed by atoms with Crippen molar-refractivity contribution >= 4 is 17.4 Å². The van der Waals surface area contributed by atoms with Gasteiger partial charge in [-0.3, -0.25) is 4.79 Å². The lowest BCUT2D eigenvalue weighted by molar-refractivity contribution is -0.125. The predicted molar refractivity (Wildman–Crippen MR) is 110 cm³/mol. The number of alkyl halides is 2. The first-order valence-corrected chi connectivity index (χ1v) is 10.3. The van der Waals surface area contributed by atoms with Crippen LogP contribution in [0.4, 0.5) is 24.7 Å². The molecule has 0 saturated heterocycles. The van der Waals surface area contributed by atoms with Gasteiger partial charge in [0, 0.05) is 36.3 Å². The van der Waals surface area contributed by atoms with Crippen molar-refractivity contribution in [3.05, 3.63) is 53.5 Å². The fourth-order valence-corrected chi connectivity index (χ4v) is 4.94. The molecule has 1 heterocycles. The fraction of sp³-hybridized carbons (Fsp3) is 0.478. The first-order chi connectivity index (χ1) is 14.1. The summed E-state index contributed by atoms with van der Waals surface area (Å²) >= 11 is 0. The minimum absolute atomic E-state index is 0.0652. The molecule has 1 aromatic heterocycles. The summed E-state index contributed by atoms with van der Waals surface area (Å²) in [6, 6.07) is 7.40. The molecule has 2 bridgehead atoms. The van der Waals surface area contributed by atoms with E-state index in [1.54, 1.807) is 19.1 Å². The van der Waals surface area contributed by atoms with Gasteiger partial charge in [0.2, 0.25) is 5.91 Å². The van der Waals surface area contributed by atoms with Gasteiger partial charge in [0.05, 0.1) is 0 Å². The molecule has 4 nitrogen and oxygen atoms in total. The standard InChI is InChI=1S/C23H26F3N3O/c1-13-8-16(22(3,25)26)12-27-20(13)29-19-11-23(9-15(19)10-23)14(2)21(30)28-18-6-4-17(24)5-7-18/h4-8,12,14-15,19H,9-11H2,1-3H3,(H,27,29)(H,28,30). The largest absolute Gasteiger partial charge is 0.367 e. The normalized spacial score (nSPS) is 26.1. The summed E-state index contributed by atoms with van der Waals surface area (Å²) < 4.78 is 40.1. The van der Waals surface area contributed by atoms with E-state index in [4.69, 9.17) is 0 Å². The third-order valence-corrected chi connectivity index (χ3v) is 6.86. The SMILES string of the molecule is Cc1cc(C(C)(F)F)cnc1NC1CC2(C(C)C(=O)Nc3ccc(F)cc3)CC1C2. The molecule has 2 unspecified atom stereocenters. The molecule has 1 amide bonds. The van der Waals surface area contributed by atoms with Crippen molar-refractivity contribution in [1.82, 2.24) is 4.98 Å². The molecule has 2 aromatic rings. The van der Waals surface area contributed by atoms with Crippen LogP contribution in [-0.2, 0) is 10.7 Å². The molecule has 30 heavy (non-hydrogen) atoms. The average Bonchev–Trinajstić information content (AvgIpc) is 3.19. The molecule has 3 saturated carbocycles. The molecular weight excluding hydrogens is 391 g/mol. The van der Waals surface area contributed by atoms with Crippen LogP contribution in [0.5, 0.6) is 0 Å². The number of halogens is 3. The molecule has 1 aromatic carbocycles. The van der Waals surface area contributed by atoms with Crippen LogP contribution in [0.2, 0.25) is 0 Å². The van der Waals surface area contributed by atoms with Crippen molar-refractivity contribution in [2.24, 2.45) is 17.3 Å². The predicted octanol–water partition coefficient (Wildman–Crippen LogP) is 5.50. The van der Waals surface area contributed by atoms with E-state index < -0.39 is 5.92 Å². The molecule has 3 fully saturated rings. The molecule has 2 N–H and O–H groups in total. The highest BCUT2D eigenvalue weighted by Crippen LogP contribution is 2.63. The molecule has 0 aliphatic heterocycles. The Kier molecular flexibility index (Phi) is 5.03. The number of amides is 1. The second-order valence-corrected chi connectivity index (χ2v) is 8.98. The van der Waals surface area contributed by atoms with Crippen molar-refractivity contribution in [2.45, 2.75) is 52.0 Å². The van der Waals surface area contributed by atoms with E-state index >= 15 is 0 Å². The molecule has 0 radical (unpaired) electrons.